The van der Waals surface area contributed by atoms with Crippen LogP contribution in [0.5, 0.6) is 0 Å². The van der Waals surface area contributed by atoms with E-state index in [1.807, 2.05) is 6.92 Å². The monoisotopic (exact) mass is 786 g/mol. The zero-order valence-corrected chi connectivity index (χ0v) is 35.6. The molecule has 1 unspecified atom stereocenters. The summed E-state index contributed by atoms with van der Waals surface area (Å²) >= 11 is 0. The number of phosphoric acid groups is 1. The number of carbonyl (C=O) groups is 3. The maximum Gasteiger partial charge on any atom is 0.472 e. The van der Waals surface area contributed by atoms with Gasteiger partial charge in [0.2, 0.25) is 5.91 Å². The van der Waals surface area contributed by atoms with Gasteiger partial charge in [-0.05, 0) is 51.4 Å². The third-order valence-corrected chi connectivity index (χ3v) is 10.1. The van der Waals surface area contributed by atoms with Crippen LogP contribution < -0.4 is 5.32 Å². The topological polar surface area (TPSA) is 137 Å². The fourth-order valence-corrected chi connectivity index (χ4v) is 6.62. The number of rotatable bonds is 40. The zero-order chi connectivity index (χ0) is 39.8. The van der Waals surface area contributed by atoms with Crippen molar-refractivity contribution in [3.8, 4) is 0 Å². The molecule has 10 nitrogen and oxygen atoms in total. The summed E-state index contributed by atoms with van der Waals surface area (Å²) < 4.78 is 33.4. The number of ether oxygens (including phenoxy) is 2. The van der Waals surface area contributed by atoms with Gasteiger partial charge in [-0.2, -0.15) is 0 Å². The summed E-state index contributed by atoms with van der Waals surface area (Å²) in [5.41, 5.74) is 0. The number of amides is 1. The Bertz CT molecular complexity index is 1000. The van der Waals surface area contributed by atoms with Crippen LogP contribution in [0, 0.1) is 0 Å². The minimum atomic E-state index is -4.50. The Labute approximate surface area is 330 Å². The van der Waals surface area contributed by atoms with Crippen LogP contribution >= 0.6 is 7.82 Å². The molecule has 0 aliphatic rings. The van der Waals surface area contributed by atoms with Gasteiger partial charge in [-0.1, -0.05) is 154 Å². The van der Waals surface area contributed by atoms with Gasteiger partial charge in [0, 0.05) is 25.8 Å². The lowest BCUT2D eigenvalue weighted by Gasteiger charge is -2.20. The molecule has 0 rings (SSSR count). The van der Waals surface area contributed by atoms with Crippen molar-refractivity contribution in [1.29, 1.82) is 0 Å². The van der Waals surface area contributed by atoms with E-state index < -0.39 is 32.5 Å². The molecule has 0 bridgehead atoms. The molecule has 2 atom stereocenters. The molecule has 54 heavy (non-hydrogen) atoms. The van der Waals surface area contributed by atoms with Crippen molar-refractivity contribution in [3.05, 3.63) is 24.3 Å². The number of allylic oxidation sites excluding steroid dienone is 4. The summed E-state index contributed by atoms with van der Waals surface area (Å²) in [6.07, 6.45) is 37.0. The summed E-state index contributed by atoms with van der Waals surface area (Å²) in [6, 6.07) is 0. The van der Waals surface area contributed by atoms with Gasteiger partial charge in [-0.15, -0.1) is 0 Å². The van der Waals surface area contributed by atoms with E-state index in [-0.39, 0.29) is 38.5 Å². The van der Waals surface area contributed by atoms with E-state index in [1.54, 1.807) is 0 Å². The van der Waals surface area contributed by atoms with Crippen molar-refractivity contribution in [1.82, 2.24) is 5.32 Å². The van der Waals surface area contributed by atoms with E-state index in [0.717, 1.165) is 57.8 Å². The molecular formula is C43H80NO9P. The van der Waals surface area contributed by atoms with Crippen LogP contribution in [0.4, 0.5) is 0 Å². The van der Waals surface area contributed by atoms with Crippen LogP contribution in [0.3, 0.4) is 0 Å². The quantitative estimate of drug-likeness (QED) is 0.0269. The molecular weight excluding hydrogens is 705 g/mol. The second-order valence-electron chi connectivity index (χ2n) is 14.5. The molecule has 0 spiro atoms. The van der Waals surface area contributed by atoms with Gasteiger partial charge in [-0.3, -0.25) is 23.4 Å². The lowest BCUT2D eigenvalue weighted by molar-refractivity contribution is -0.161. The molecule has 0 aromatic rings. The maximum absolute atomic E-state index is 12.7. The normalized spacial score (nSPS) is 13.3. The molecule has 316 valence electrons. The minimum Gasteiger partial charge on any atom is -0.462 e. The molecule has 0 aromatic heterocycles. The molecule has 0 saturated heterocycles. The number of hydrogen-bond acceptors (Lipinski definition) is 8. The van der Waals surface area contributed by atoms with Crippen molar-refractivity contribution in [3.63, 3.8) is 0 Å². The predicted octanol–water partition coefficient (Wildman–Crippen LogP) is 11.8. The van der Waals surface area contributed by atoms with Gasteiger partial charge in [0.1, 0.15) is 6.61 Å². The van der Waals surface area contributed by atoms with Crippen molar-refractivity contribution >= 4 is 25.7 Å². The van der Waals surface area contributed by atoms with Crippen molar-refractivity contribution in [2.75, 3.05) is 26.4 Å². The Morgan fingerprint density at radius 1 is 0.574 bits per heavy atom. The average molecular weight is 786 g/mol. The Morgan fingerprint density at radius 3 is 1.61 bits per heavy atom. The van der Waals surface area contributed by atoms with Gasteiger partial charge >= 0.3 is 19.8 Å². The van der Waals surface area contributed by atoms with Crippen LogP contribution in [0.1, 0.15) is 201 Å². The smallest absolute Gasteiger partial charge is 0.462 e. The highest BCUT2D eigenvalue weighted by molar-refractivity contribution is 7.47. The molecule has 0 aliphatic carbocycles. The number of hydrogen-bond donors (Lipinski definition) is 2. The Morgan fingerprint density at radius 2 is 1.06 bits per heavy atom. The van der Waals surface area contributed by atoms with E-state index in [2.05, 4.69) is 43.5 Å². The summed E-state index contributed by atoms with van der Waals surface area (Å²) in [7, 11) is -4.50. The van der Waals surface area contributed by atoms with Crippen molar-refractivity contribution in [2.45, 2.75) is 207 Å². The van der Waals surface area contributed by atoms with Gasteiger partial charge in [0.25, 0.3) is 0 Å². The molecule has 2 N–H and O–H groups in total. The van der Waals surface area contributed by atoms with E-state index in [4.69, 9.17) is 18.5 Å². The lowest BCUT2D eigenvalue weighted by atomic mass is 10.0. The standard InChI is InChI=1S/C43H80NO9P/c1-4-7-9-11-13-15-17-19-20-22-24-26-28-30-32-35-43(47)53-40(39-52-54(48,49)51-37-36-44-41(45)33-6-3)38-50-42(46)34-31-29-27-25-23-21-18-16-14-12-10-8-5-2/h13,15,19-20,40H,4-12,14,16-18,21-39H2,1-3H3,(H,44,45)(H,48,49)/b15-13-,20-19-/t40-/m1/s1. The fraction of sp³-hybridized carbons (Fsp3) is 0.837. The minimum absolute atomic E-state index is 0.0511. The van der Waals surface area contributed by atoms with Crippen molar-refractivity contribution < 1.29 is 42.4 Å². The third kappa shape index (κ3) is 38.3. The Kier molecular flexibility index (Phi) is 37.8. The second-order valence-corrected chi connectivity index (χ2v) is 15.9. The first-order valence-electron chi connectivity index (χ1n) is 21.8. The molecule has 0 radical (unpaired) electrons. The van der Waals surface area contributed by atoms with Crippen molar-refractivity contribution in [2.24, 2.45) is 0 Å². The maximum atomic E-state index is 12.7. The number of phosphoric ester groups is 1. The Hall–Kier alpha value is -2.00. The highest BCUT2D eigenvalue weighted by atomic mass is 31.2. The van der Waals surface area contributed by atoms with E-state index in [0.29, 0.717) is 19.3 Å². The van der Waals surface area contributed by atoms with Gasteiger partial charge in [-0.25, -0.2) is 4.57 Å². The van der Waals surface area contributed by atoms with Gasteiger partial charge in [0.15, 0.2) is 6.10 Å². The summed E-state index contributed by atoms with van der Waals surface area (Å²) in [4.78, 5) is 46.8. The number of nitrogens with one attached hydrogen (secondary N) is 1. The highest BCUT2D eigenvalue weighted by Crippen LogP contribution is 2.43. The first-order chi connectivity index (χ1) is 26.2. The van der Waals surface area contributed by atoms with Crippen LogP contribution in [-0.2, 0) is 37.5 Å². The first kappa shape index (κ1) is 52.0. The molecule has 11 heteroatoms. The Balaban J connectivity index is 4.47. The van der Waals surface area contributed by atoms with Gasteiger partial charge in [0.05, 0.1) is 13.2 Å². The van der Waals surface area contributed by atoms with E-state index in [9.17, 15) is 23.8 Å². The highest BCUT2D eigenvalue weighted by Gasteiger charge is 2.26. The molecule has 0 saturated carbocycles. The SMILES string of the molecule is CCCCC/C=C\C/C=C\CCCCCCCC(=O)O[C@H](COC(=O)CCCCCCCCCCCCCCC)COP(=O)(O)OCCNC(=O)CCC. The number of carbonyl (C=O) groups excluding carboxylic acids is 3. The summed E-state index contributed by atoms with van der Waals surface area (Å²) in [5, 5.41) is 2.60. The molecule has 1 amide bonds. The van der Waals surface area contributed by atoms with Crippen LogP contribution in [0.25, 0.3) is 0 Å². The number of esters is 2. The average Bonchev–Trinajstić information content (AvgIpc) is 3.15. The number of unbranched alkanes of at least 4 members (excludes halogenated alkanes) is 20. The molecule has 0 heterocycles. The summed E-state index contributed by atoms with van der Waals surface area (Å²) in [6.45, 7) is 5.41. The second kappa shape index (κ2) is 39.2. The van der Waals surface area contributed by atoms with Crippen LogP contribution in [-0.4, -0.2) is 55.2 Å². The van der Waals surface area contributed by atoms with E-state index >= 15 is 0 Å². The third-order valence-electron chi connectivity index (χ3n) is 9.12. The van der Waals surface area contributed by atoms with Crippen LogP contribution in [0.2, 0.25) is 0 Å². The van der Waals surface area contributed by atoms with Crippen LogP contribution in [0.15, 0.2) is 24.3 Å². The molecule has 0 aromatic carbocycles. The molecule has 0 fully saturated rings. The van der Waals surface area contributed by atoms with E-state index in [1.165, 1.54) is 89.9 Å². The molecule has 0 aliphatic heterocycles. The zero-order valence-electron chi connectivity index (χ0n) is 34.7. The largest absolute Gasteiger partial charge is 0.472 e. The lowest BCUT2D eigenvalue weighted by Crippen LogP contribution is -2.30. The fourth-order valence-electron chi connectivity index (χ4n) is 5.87. The summed E-state index contributed by atoms with van der Waals surface area (Å²) in [5.74, 6) is -1.06. The predicted molar refractivity (Wildman–Crippen MR) is 220 cm³/mol. The first-order valence-corrected chi connectivity index (χ1v) is 23.3. The van der Waals surface area contributed by atoms with Gasteiger partial charge < -0.3 is 19.7 Å².